The minimum atomic E-state index is -0.287. The largest absolute Gasteiger partial charge is 0.330 e. The van der Waals surface area contributed by atoms with Gasteiger partial charge in [0.2, 0.25) is 0 Å². The molecule has 1 aromatic carbocycles. The molecule has 0 N–H and O–H groups in total. The van der Waals surface area contributed by atoms with Gasteiger partial charge in [-0.1, -0.05) is 23.7 Å². The lowest BCUT2D eigenvalue weighted by molar-refractivity contribution is 0.0724. The normalized spacial score (nSPS) is 18.2. The Bertz CT molecular complexity index is 666. The summed E-state index contributed by atoms with van der Waals surface area (Å²) in [6.45, 7) is 0.640. The van der Waals surface area contributed by atoms with Crippen molar-refractivity contribution < 1.29 is 9.18 Å². The Morgan fingerprint density at radius 2 is 2.29 bits per heavy atom. The molecule has 0 spiro atoms. The van der Waals surface area contributed by atoms with Gasteiger partial charge in [0, 0.05) is 13.6 Å². The van der Waals surface area contributed by atoms with Gasteiger partial charge in [0.05, 0.1) is 17.3 Å². The molecule has 1 fully saturated rings. The van der Waals surface area contributed by atoms with E-state index in [-0.39, 0.29) is 17.8 Å². The van der Waals surface area contributed by atoms with Gasteiger partial charge in [-0.15, -0.1) is 0 Å². The van der Waals surface area contributed by atoms with Gasteiger partial charge in [-0.05, 0) is 30.5 Å². The highest BCUT2D eigenvalue weighted by Crippen LogP contribution is 2.34. The zero-order valence-corrected chi connectivity index (χ0v) is 12.3. The molecule has 3 rings (SSSR count). The molecule has 1 aliphatic heterocycles. The summed E-state index contributed by atoms with van der Waals surface area (Å²) in [5, 5.41) is 4.34. The lowest BCUT2D eigenvalue weighted by Crippen LogP contribution is -2.32. The van der Waals surface area contributed by atoms with Gasteiger partial charge < -0.3 is 4.90 Å². The molecule has 0 radical (unpaired) electrons. The van der Waals surface area contributed by atoms with Crippen LogP contribution in [0.5, 0.6) is 0 Å². The molecule has 0 saturated carbocycles. The van der Waals surface area contributed by atoms with Crippen LogP contribution in [-0.4, -0.2) is 27.1 Å². The second-order valence-corrected chi connectivity index (χ2v) is 5.58. The number of benzene rings is 1. The maximum Gasteiger partial charge on any atom is 0.274 e. The SMILES string of the molecule is Cn1ncc(Cl)c1C(=O)N1CCC[C@H]1c1cccc(F)c1. The van der Waals surface area contributed by atoms with Crippen molar-refractivity contribution in [3.05, 3.63) is 52.6 Å². The van der Waals surface area contributed by atoms with Crippen molar-refractivity contribution in [3.63, 3.8) is 0 Å². The van der Waals surface area contributed by atoms with Crippen molar-refractivity contribution in [2.24, 2.45) is 7.05 Å². The summed E-state index contributed by atoms with van der Waals surface area (Å²) in [6, 6.07) is 6.30. The van der Waals surface area contributed by atoms with E-state index in [9.17, 15) is 9.18 Å². The van der Waals surface area contributed by atoms with E-state index >= 15 is 0 Å². The van der Waals surface area contributed by atoms with E-state index in [0.29, 0.717) is 17.3 Å². The van der Waals surface area contributed by atoms with E-state index in [4.69, 9.17) is 11.6 Å². The quantitative estimate of drug-likeness (QED) is 0.854. The molecule has 110 valence electrons. The van der Waals surface area contributed by atoms with Crippen molar-refractivity contribution in [2.45, 2.75) is 18.9 Å². The van der Waals surface area contributed by atoms with Gasteiger partial charge >= 0.3 is 0 Å². The van der Waals surface area contributed by atoms with Crippen LogP contribution in [0.2, 0.25) is 5.02 Å². The molecular formula is C15H15ClFN3O. The second kappa shape index (κ2) is 5.48. The molecule has 6 heteroatoms. The monoisotopic (exact) mass is 307 g/mol. The van der Waals surface area contributed by atoms with Crippen molar-refractivity contribution in [1.29, 1.82) is 0 Å². The van der Waals surface area contributed by atoms with Crippen molar-refractivity contribution in [2.75, 3.05) is 6.54 Å². The van der Waals surface area contributed by atoms with Crippen LogP contribution in [0.15, 0.2) is 30.5 Å². The fraction of sp³-hybridized carbons (Fsp3) is 0.333. The summed E-state index contributed by atoms with van der Waals surface area (Å²) in [6.07, 6.45) is 3.18. The molecule has 2 heterocycles. The minimum Gasteiger partial charge on any atom is -0.330 e. The zero-order chi connectivity index (χ0) is 15.0. The summed E-state index contributed by atoms with van der Waals surface area (Å²) in [5.74, 6) is -0.447. The summed E-state index contributed by atoms with van der Waals surface area (Å²) in [4.78, 5) is 14.5. The molecule has 0 bridgehead atoms. The number of aryl methyl sites for hydroxylation is 1. The smallest absolute Gasteiger partial charge is 0.274 e. The molecule has 0 aliphatic carbocycles. The summed E-state index contributed by atoms with van der Waals surface area (Å²) >= 11 is 6.05. The molecule has 1 aromatic heterocycles. The van der Waals surface area contributed by atoms with Crippen molar-refractivity contribution >= 4 is 17.5 Å². The van der Waals surface area contributed by atoms with Crippen LogP contribution in [0, 0.1) is 5.82 Å². The predicted octanol–water partition coefficient (Wildman–Crippen LogP) is 3.19. The molecule has 2 aromatic rings. The first-order valence-corrected chi connectivity index (χ1v) is 7.19. The maximum absolute atomic E-state index is 13.4. The minimum absolute atomic E-state index is 0.112. The standard InChI is InChI=1S/C15H15ClFN3O/c1-19-14(12(16)9-18-19)15(21)20-7-3-6-13(20)10-4-2-5-11(17)8-10/h2,4-5,8-9,13H,3,6-7H2,1H3/t13-/m0/s1. The first-order valence-electron chi connectivity index (χ1n) is 6.82. The van der Waals surface area contributed by atoms with Gasteiger partial charge in [-0.2, -0.15) is 5.10 Å². The third kappa shape index (κ3) is 2.53. The predicted molar refractivity (Wildman–Crippen MR) is 77.6 cm³/mol. The second-order valence-electron chi connectivity index (χ2n) is 5.18. The Morgan fingerprint density at radius 3 is 2.95 bits per heavy atom. The molecule has 0 unspecified atom stereocenters. The Labute approximate surface area is 127 Å². The molecule has 21 heavy (non-hydrogen) atoms. The number of carbonyl (C=O) groups is 1. The van der Waals surface area contributed by atoms with Crippen LogP contribution in [0.25, 0.3) is 0 Å². The van der Waals surface area contributed by atoms with E-state index in [1.165, 1.54) is 23.0 Å². The molecule has 1 amide bonds. The number of likely N-dealkylation sites (tertiary alicyclic amines) is 1. The Hall–Kier alpha value is -1.88. The number of hydrogen-bond donors (Lipinski definition) is 0. The highest BCUT2D eigenvalue weighted by Gasteiger charge is 2.33. The zero-order valence-electron chi connectivity index (χ0n) is 11.6. The van der Waals surface area contributed by atoms with Crippen molar-refractivity contribution in [1.82, 2.24) is 14.7 Å². The van der Waals surface area contributed by atoms with Crippen LogP contribution in [0.4, 0.5) is 4.39 Å². The highest BCUT2D eigenvalue weighted by atomic mass is 35.5. The number of carbonyl (C=O) groups excluding carboxylic acids is 1. The van der Waals surface area contributed by atoms with Crippen LogP contribution >= 0.6 is 11.6 Å². The first kappa shape index (κ1) is 14.1. The van der Waals surface area contributed by atoms with E-state index in [1.54, 1.807) is 18.0 Å². The lowest BCUT2D eigenvalue weighted by Gasteiger charge is -2.25. The third-order valence-electron chi connectivity index (χ3n) is 3.84. The molecule has 4 nitrogen and oxygen atoms in total. The third-order valence-corrected chi connectivity index (χ3v) is 4.12. The first-order chi connectivity index (χ1) is 10.1. The topological polar surface area (TPSA) is 38.1 Å². The average molecular weight is 308 g/mol. The van der Waals surface area contributed by atoms with Crippen molar-refractivity contribution in [3.8, 4) is 0 Å². The fourth-order valence-electron chi connectivity index (χ4n) is 2.86. The van der Waals surface area contributed by atoms with Gasteiger partial charge in [-0.25, -0.2) is 4.39 Å². The fourth-order valence-corrected chi connectivity index (χ4v) is 3.10. The molecule has 1 atom stereocenters. The highest BCUT2D eigenvalue weighted by molar-refractivity contribution is 6.33. The van der Waals surface area contributed by atoms with E-state index < -0.39 is 0 Å². The van der Waals surface area contributed by atoms with E-state index in [1.807, 2.05) is 6.07 Å². The average Bonchev–Trinajstić information content (AvgIpc) is 3.05. The number of halogens is 2. The lowest BCUT2D eigenvalue weighted by atomic mass is 10.0. The number of hydrogen-bond acceptors (Lipinski definition) is 2. The van der Waals surface area contributed by atoms with Crippen LogP contribution in [0.3, 0.4) is 0 Å². The summed E-state index contributed by atoms with van der Waals surface area (Å²) in [7, 11) is 1.69. The van der Waals surface area contributed by atoms with Gasteiger partial charge in [-0.3, -0.25) is 9.48 Å². The van der Waals surface area contributed by atoms with Gasteiger partial charge in [0.25, 0.3) is 5.91 Å². The molecular weight excluding hydrogens is 293 g/mol. The van der Waals surface area contributed by atoms with E-state index in [2.05, 4.69) is 5.10 Å². The van der Waals surface area contributed by atoms with Crippen LogP contribution in [0.1, 0.15) is 34.9 Å². The maximum atomic E-state index is 13.4. The number of rotatable bonds is 2. The number of amides is 1. The van der Waals surface area contributed by atoms with Gasteiger partial charge in [0.1, 0.15) is 11.5 Å². The van der Waals surface area contributed by atoms with Gasteiger partial charge in [0.15, 0.2) is 0 Å². The summed E-state index contributed by atoms with van der Waals surface area (Å²) < 4.78 is 14.9. The van der Waals surface area contributed by atoms with E-state index in [0.717, 1.165) is 18.4 Å². The van der Waals surface area contributed by atoms with Crippen LogP contribution < -0.4 is 0 Å². The molecule has 1 aliphatic rings. The molecule has 1 saturated heterocycles. The Kier molecular flexibility index (Phi) is 3.68. The van der Waals surface area contributed by atoms with Crippen LogP contribution in [-0.2, 0) is 7.05 Å². The number of nitrogens with zero attached hydrogens (tertiary/aromatic N) is 3. The Morgan fingerprint density at radius 1 is 1.48 bits per heavy atom. The number of aromatic nitrogens is 2. The summed E-state index contributed by atoms with van der Waals surface area (Å²) in [5.41, 5.74) is 1.19. The Balaban J connectivity index is 1.93.